The molecule has 2 N–H and O–H groups in total. The molecule has 0 unspecified atom stereocenters. The second kappa shape index (κ2) is 4.60. The standard InChI is InChI=1S/C12H13ClN6S/c13-11-15-5-8(14)10(16-11)20-12-18-17-9(6-1-2-6)19(12)7-3-4-7/h5-7H,1-4,14H2. The molecule has 8 heteroatoms. The minimum atomic E-state index is 0.196. The van der Waals surface area contributed by atoms with E-state index in [9.17, 15) is 0 Å². The van der Waals surface area contributed by atoms with Crippen LogP contribution in [0.25, 0.3) is 0 Å². The lowest BCUT2D eigenvalue weighted by molar-refractivity contribution is 0.626. The van der Waals surface area contributed by atoms with Gasteiger partial charge >= 0.3 is 0 Å². The van der Waals surface area contributed by atoms with Crippen LogP contribution < -0.4 is 5.73 Å². The smallest absolute Gasteiger partial charge is 0.223 e. The van der Waals surface area contributed by atoms with Crippen LogP contribution in [0, 0.1) is 0 Å². The van der Waals surface area contributed by atoms with Crippen molar-refractivity contribution in [2.45, 2.75) is 47.8 Å². The average Bonchev–Trinajstić information content (AvgIpc) is 3.33. The topological polar surface area (TPSA) is 82.5 Å². The van der Waals surface area contributed by atoms with Gasteiger partial charge in [-0.3, -0.25) is 0 Å². The largest absolute Gasteiger partial charge is 0.395 e. The van der Waals surface area contributed by atoms with Gasteiger partial charge in [0, 0.05) is 12.0 Å². The molecule has 2 aromatic rings. The number of hydrogen-bond donors (Lipinski definition) is 1. The number of nitrogens with zero attached hydrogens (tertiary/aromatic N) is 5. The lowest BCUT2D eigenvalue weighted by Gasteiger charge is -2.08. The van der Waals surface area contributed by atoms with Gasteiger partial charge in [0.05, 0.1) is 11.9 Å². The SMILES string of the molecule is Nc1cnc(Cl)nc1Sc1nnc(C2CC2)n1C1CC1. The van der Waals surface area contributed by atoms with Crippen molar-refractivity contribution in [1.82, 2.24) is 24.7 Å². The molecule has 104 valence electrons. The summed E-state index contributed by atoms with van der Waals surface area (Å²) in [7, 11) is 0. The highest BCUT2D eigenvalue weighted by Crippen LogP contribution is 2.46. The Morgan fingerprint density at radius 1 is 1.25 bits per heavy atom. The number of halogens is 1. The highest BCUT2D eigenvalue weighted by Gasteiger charge is 2.36. The summed E-state index contributed by atoms with van der Waals surface area (Å²) in [5.74, 6) is 1.71. The Morgan fingerprint density at radius 3 is 2.75 bits per heavy atom. The molecular weight excluding hydrogens is 296 g/mol. The zero-order valence-corrected chi connectivity index (χ0v) is 12.2. The van der Waals surface area contributed by atoms with E-state index in [4.69, 9.17) is 17.3 Å². The minimum absolute atomic E-state index is 0.196. The lowest BCUT2D eigenvalue weighted by atomic mass is 10.4. The summed E-state index contributed by atoms with van der Waals surface area (Å²) in [6.07, 6.45) is 6.36. The quantitative estimate of drug-likeness (QED) is 0.690. The predicted octanol–water partition coefficient (Wildman–Crippen LogP) is 2.67. The molecule has 0 amide bonds. The van der Waals surface area contributed by atoms with Crippen molar-refractivity contribution in [1.29, 1.82) is 0 Å². The minimum Gasteiger partial charge on any atom is -0.395 e. The third-order valence-electron chi connectivity index (χ3n) is 3.48. The van der Waals surface area contributed by atoms with E-state index in [0.29, 0.717) is 22.7 Å². The zero-order chi connectivity index (χ0) is 13.7. The Labute approximate surface area is 125 Å². The van der Waals surface area contributed by atoms with E-state index >= 15 is 0 Å². The van der Waals surface area contributed by atoms with E-state index in [-0.39, 0.29) is 5.28 Å². The molecule has 6 nitrogen and oxygen atoms in total. The van der Waals surface area contributed by atoms with Crippen molar-refractivity contribution in [3.63, 3.8) is 0 Å². The summed E-state index contributed by atoms with van der Waals surface area (Å²) >= 11 is 7.25. The molecule has 0 spiro atoms. The van der Waals surface area contributed by atoms with Crippen molar-refractivity contribution in [2.75, 3.05) is 5.73 Å². The summed E-state index contributed by atoms with van der Waals surface area (Å²) < 4.78 is 2.26. The Bertz CT molecular complexity index is 664. The third kappa shape index (κ3) is 2.25. The first kappa shape index (κ1) is 12.4. The number of rotatable bonds is 4. The van der Waals surface area contributed by atoms with Crippen molar-refractivity contribution >= 4 is 29.1 Å². The first-order valence-corrected chi connectivity index (χ1v) is 7.82. The fraction of sp³-hybridized carbons (Fsp3) is 0.500. The maximum atomic E-state index is 5.90. The normalized spacial score (nSPS) is 18.4. The molecule has 0 radical (unpaired) electrons. The summed E-state index contributed by atoms with van der Waals surface area (Å²) in [5, 5.41) is 10.4. The predicted molar refractivity (Wildman–Crippen MR) is 75.8 cm³/mol. The zero-order valence-electron chi connectivity index (χ0n) is 10.7. The lowest BCUT2D eigenvalue weighted by Crippen LogP contribution is -2.02. The number of nitrogen functional groups attached to an aromatic ring is 1. The van der Waals surface area contributed by atoms with Gasteiger partial charge in [-0.2, -0.15) is 0 Å². The van der Waals surface area contributed by atoms with Crippen LogP contribution in [0.2, 0.25) is 5.28 Å². The molecule has 2 saturated carbocycles. The van der Waals surface area contributed by atoms with E-state index in [0.717, 1.165) is 11.0 Å². The molecule has 2 aromatic heterocycles. The first-order chi connectivity index (χ1) is 9.72. The van der Waals surface area contributed by atoms with E-state index in [2.05, 4.69) is 24.7 Å². The Morgan fingerprint density at radius 2 is 2.05 bits per heavy atom. The van der Waals surface area contributed by atoms with E-state index < -0.39 is 0 Å². The van der Waals surface area contributed by atoms with Crippen LogP contribution in [0.3, 0.4) is 0 Å². The van der Waals surface area contributed by atoms with Crippen molar-refractivity contribution in [2.24, 2.45) is 0 Å². The molecule has 0 bridgehead atoms. The highest BCUT2D eigenvalue weighted by molar-refractivity contribution is 7.99. The van der Waals surface area contributed by atoms with Crippen LogP contribution in [0.4, 0.5) is 5.69 Å². The van der Waals surface area contributed by atoms with Gasteiger partial charge in [0.2, 0.25) is 5.28 Å². The molecular formula is C12H13ClN6S. The van der Waals surface area contributed by atoms with Gasteiger partial charge in [0.15, 0.2) is 5.16 Å². The van der Waals surface area contributed by atoms with Crippen molar-refractivity contribution < 1.29 is 0 Å². The number of anilines is 1. The van der Waals surface area contributed by atoms with Crippen LogP contribution in [0.15, 0.2) is 16.4 Å². The summed E-state index contributed by atoms with van der Waals surface area (Å²) in [5.41, 5.74) is 6.41. The summed E-state index contributed by atoms with van der Waals surface area (Å²) in [4.78, 5) is 8.04. The Balaban J connectivity index is 1.70. The van der Waals surface area contributed by atoms with Gasteiger partial charge in [-0.05, 0) is 49.0 Å². The number of hydrogen-bond acceptors (Lipinski definition) is 6. The van der Waals surface area contributed by atoms with Gasteiger partial charge in [-0.1, -0.05) is 0 Å². The molecule has 2 fully saturated rings. The number of aromatic nitrogens is 5. The Hall–Kier alpha value is -1.34. The van der Waals surface area contributed by atoms with Gasteiger partial charge < -0.3 is 10.3 Å². The molecule has 20 heavy (non-hydrogen) atoms. The average molecular weight is 309 g/mol. The maximum Gasteiger partial charge on any atom is 0.223 e. The summed E-state index contributed by atoms with van der Waals surface area (Å²) in [6.45, 7) is 0. The van der Waals surface area contributed by atoms with Gasteiger partial charge in [-0.15, -0.1) is 10.2 Å². The molecule has 4 rings (SSSR count). The molecule has 2 aliphatic rings. The number of nitrogens with two attached hydrogens (primary N) is 1. The van der Waals surface area contributed by atoms with Gasteiger partial charge in [0.25, 0.3) is 0 Å². The molecule has 0 saturated heterocycles. The maximum absolute atomic E-state index is 5.90. The third-order valence-corrected chi connectivity index (χ3v) is 4.65. The highest BCUT2D eigenvalue weighted by atomic mass is 35.5. The van der Waals surface area contributed by atoms with Gasteiger partial charge in [0.1, 0.15) is 10.9 Å². The summed E-state index contributed by atoms with van der Waals surface area (Å²) in [6, 6.07) is 0.543. The molecule has 0 atom stereocenters. The fourth-order valence-corrected chi connectivity index (χ4v) is 3.26. The van der Waals surface area contributed by atoms with Crippen LogP contribution in [0.1, 0.15) is 43.5 Å². The molecule has 2 heterocycles. The molecule has 2 aliphatic carbocycles. The van der Waals surface area contributed by atoms with Crippen molar-refractivity contribution in [3.05, 3.63) is 17.3 Å². The molecule has 0 aromatic carbocycles. The van der Waals surface area contributed by atoms with Crippen LogP contribution >= 0.6 is 23.4 Å². The van der Waals surface area contributed by atoms with E-state index in [1.54, 1.807) is 0 Å². The first-order valence-electron chi connectivity index (χ1n) is 6.63. The van der Waals surface area contributed by atoms with E-state index in [1.807, 2.05) is 0 Å². The van der Waals surface area contributed by atoms with Crippen LogP contribution in [0.5, 0.6) is 0 Å². The Kier molecular flexibility index (Phi) is 2.85. The second-order valence-electron chi connectivity index (χ2n) is 5.22. The monoisotopic (exact) mass is 308 g/mol. The van der Waals surface area contributed by atoms with Crippen LogP contribution in [-0.4, -0.2) is 24.7 Å². The van der Waals surface area contributed by atoms with Crippen LogP contribution in [-0.2, 0) is 0 Å². The molecule has 0 aliphatic heterocycles. The fourth-order valence-electron chi connectivity index (χ4n) is 2.18. The van der Waals surface area contributed by atoms with E-state index in [1.165, 1.54) is 43.6 Å². The second-order valence-corrected chi connectivity index (χ2v) is 6.51. The van der Waals surface area contributed by atoms with Gasteiger partial charge in [-0.25, -0.2) is 9.97 Å². The van der Waals surface area contributed by atoms with Crippen molar-refractivity contribution in [3.8, 4) is 0 Å².